The molecule has 0 saturated carbocycles. The van der Waals surface area contributed by atoms with Gasteiger partial charge in [-0.3, -0.25) is 9.13 Å². The predicted octanol–water partition coefficient (Wildman–Crippen LogP) is -4.22. The van der Waals surface area contributed by atoms with E-state index in [-0.39, 0.29) is 31.1 Å². The molecule has 19 heteroatoms. The summed E-state index contributed by atoms with van der Waals surface area (Å²) in [6.45, 7) is 5.62. The van der Waals surface area contributed by atoms with E-state index in [9.17, 15) is 47.6 Å². The number of hydrogen-bond acceptors (Lipinski definition) is 14. The second kappa shape index (κ2) is 11.5. The molecule has 0 aromatic carbocycles. The Balaban J connectivity index is -0.000000372. The predicted molar refractivity (Wildman–Crippen MR) is 65.0 cm³/mol. The Morgan fingerprint density at radius 2 is 0.920 bits per heavy atom. The molecule has 4 unspecified atom stereocenters. The molecule has 4 atom stereocenters. The molecule has 0 aromatic rings. The molecule has 0 aliphatic heterocycles. The van der Waals surface area contributed by atoms with Crippen molar-refractivity contribution in [2.24, 2.45) is 0 Å². The maximum Gasteiger partial charge on any atom is 0.216 e. The van der Waals surface area contributed by atoms with Gasteiger partial charge in [-0.25, -0.2) is 0 Å². The van der Waals surface area contributed by atoms with Gasteiger partial charge in [0.2, 0.25) is 15.2 Å². The summed E-state index contributed by atoms with van der Waals surface area (Å²) in [7, 11) is -21.4. The van der Waals surface area contributed by atoms with Gasteiger partial charge in [0.25, 0.3) is 0 Å². The van der Waals surface area contributed by atoms with Crippen LogP contribution in [0.4, 0.5) is 0 Å². The first-order valence-corrected chi connectivity index (χ1v) is 11.5. The van der Waals surface area contributed by atoms with E-state index in [1.807, 2.05) is 0 Å². The van der Waals surface area contributed by atoms with Crippen LogP contribution in [0.25, 0.3) is 0 Å². The van der Waals surface area contributed by atoms with Crippen LogP contribution >= 0.6 is 30.4 Å². The van der Waals surface area contributed by atoms with Gasteiger partial charge in [0.15, 0.2) is 11.2 Å². The Morgan fingerprint density at radius 1 is 0.720 bits per heavy atom. The Hall–Kier alpha value is 0.732. The van der Waals surface area contributed by atoms with Crippen LogP contribution in [-0.2, 0) is 27.3 Å². The van der Waals surface area contributed by atoms with Crippen molar-refractivity contribution in [1.82, 2.24) is 0 Å². The summed E-state index contributed by atoms with van der Waals surface area (Å²) in [5, 5.41) is 16.8. The van der Waals surface area contributed by atoms with Crippen LogP contribution in [0.15, 0.2) is 25.7 Å². The largest absolute Gasteiger partial charge is 0.809 e. The van der Waals surface area contributed by atoms with Crippen molar-refractivity contribution < 1.29 is 98.0 Å². The molecule has 0 spiro atoms. The Kier molecular flexibility index (Phi) is 14.1. The number of rotatable bonds is 8. The van der Waals surface area contributed by atoms with E-state index in [0.29, 0.717) is 12.5 Å². The van der Waals surface area contributed by atoms with Crippen molar-refractivity contribution in [1.29, 1.82) is 0 Å². The fourth-order valence-corrected chi connectivity index (χ4v) is 4.39. The quantitative estimate of drug-likeness (QED) is 0.184. The molecule has 2 N–H and O–H groups in total. The van der Waals surface area contributed by atoms with Crippen LogP contribution in [0.2, 0.25) is 0 Å². The summed E-state index contributed by atoms with van der Waals surface area (Å²) in [4.78, 5) is 60.9. The summed E-state index contributed by atoms with van der Waals surface area (Å²) in [5.74, 6) is 0. The molecule has 14 nitrogen and oxygen atoms in total. The van der Waals surface area contributed by atoms with Gasteiger partial charge < -0.3 is 57.8 Å². The van der Waals surface area contributed by atoms with E-state index in [0.717, 1.165) is 0 Å². The standard InChI is InChI=1S/2C3H8O7P2.U/c2*1-2-10-12(8,9)3(4)11(5,6)7;/h2*2-4H,1H2,(H,8,9)(H2,5,6,7);/p-6. The van der Waals surface area contributed by atoms with Gasteiger partial charge in [-0.05, 0) is 15.2 Å². The van der Waals surface area contributed by atoms with Crippen molar-refractivity contribution in [3.63, 3.8) is 0 Å². The minimum Gasteiger partial charge on any atom is -0.809 e. The van der Waals surface area contributed by atoms with E-state index in [2.05, 4.69) is 22.2 Å². The zero-order chi connectivity index (χ0) is 20.0. The van der Waals surface area contributed by atoms with Crippen molar-refractivity contribution in [2.75, 3.05) is 0 Å². The molecule has 0 aliphatic carbocycles. The van der Waals surface area contributed by atoms with Gasteiger partial charge in [-0.2, -0.15) is 0 Å². The van der Waals surface area contributed by atoms with Crippen molar-refractivity contribution >= 4 is 30.4 Å². The Labute approximate surface area is 165 Å². The molecule has 0 aliphatic rings. The maximum absolute atomic E-state index is 10.5. The first kappa shape index (κ1) is 30.5. The second-order valence-corrected chi connectivity index (χ2v) is 10.9. The number of aliphatic hydroxyl groups excluding tert-OH is 2. The average Bonchev–Trinajstić information content (AvgIpc) is 2.35. The molecule has 0 radical (unpaired) electrons. The van der Waals surface area contributed by atoms with Gasteiger partial charge in [-0.15, -0.1) is 0 Å². The minimum atomic E-state index is -5.60. The molecule has 0 fully saturated rings. The topological polar surface area (TPSA) is 266 Å². The summed E-state index contributed by atoms with van der Waals surface area (Å²) in [5.41, 5.74) is -6.13. The SMILES string of the molecule is C=COP(=O)([O-])C(O)P(=O)([O-])[O-].C=COP(=O)([O-])C(O)P(=O)([O-])[O-].[U]. The van der Waals surface area contributed by atoms with Crippen molar-refractivity contribution in [2.45, 2.75) is 11.2 Å². The average molecular weight is 668 g/mol. The molecule has 0 rings (SSSR count). The van der Waals surface area contributed by atoms with Gasteiger partial charge in [0.1, 0.15) is 0 Å². The minimum absolute atomic E-state index is 0. The normalized spacial score (nSPS) is 18.6. The third-order valence-electron chi connectivity index (χ3n) is 1.57. The van der Waals surface area contributed by atoms with E-state index < -0.39 is 41.6 Å². The summed E-state index contributed by atoms with van der Waals surface area (Å²) in [6.07, 6.45) is 0.791. The van der Waals surface area contributed by atoms with E-state index >= 15 is 0 Å². The van der Waals surface area contributed by atoms with Crippen LogP contribution in [0, 0.1) is 31.1 Å². The molecule has 0 bridgehead atoms. The molecule has 0 aromatic heterocycles. The molecule has 0 heterocycles. The molecule has 148 valence electrons. The summed E-state index contributed by atoms with van der Waals surface area (Å²) < 4.78 is 48.3. The summed E-state index contributed by atoms with van der Waals surface area (Å²) >= 11 is 0. The zero-order valence-corrected chi connectivity index (χ0v) is 19.5. The van der Waals surface area contributed by atoms with E-state index in [1.165, 1.54) is 0 Å². The van der Waals surface area contributed by atoms with Crippen LogP contribution in [0.1, 0.15) is 0 Å². The van der Waals surface area contributed by atoms with Gasteiger partial charge >= 0.3 is 0 Å². The van der Waals surface area contributed by atoms with Gasteiger partial charge in [-0.1, -0.05) is 13.2 Å². The summed E-state index contributed by atoms with van der Waals surface area (Å²) in [6, 6.07) is 0. The number of aliphatic hydroxyl groups is 2. The molecule has 25 heavy (non-hydrogen) atoms. The van der Waals surface area contributed by atoms with Gasteiger partial charge in [0.05, 0.1) is 12.5 Å². The smallest absolute Gasteiger partial charge is 0.216 e. The second-order valence-electron chi connectivity index (χ2n) is 3.40. The molecule has 0 amide bonds. The molecule has 0 saturated heterocycles. The van der Waals surface area contributed by atoms with Crippen LogP contribution in [0.3, 0.4) is 0 Å². The fourth-order valence-electron chi connectivity index (χ4n) is 0.663. The van der Waals surface area contributed by atoms with E-state index in [4.69, 9.17) is 10.2 Å². The Morgan fingerprint density at radius 3 is 1.04 bits per heavy atom. The van der Waals surface area contributed by atoms with E-state index in [1.54, 1.807) is 0 Å². The van der Waals surface area contributed by atoms with Crippen LogP contribution in [-0.4, -0.2) is 21.4 Å². The maximum atomic E-state index is 10.5. The molecular weight excluding hydrogens is 658 g/mol. The third kappa shape index (κ3) is 11.9. The van der Waals surface area contributed by atoms with Crippen molar-refractivity contribution in [3.8, 4) is 0 Å². The monoisotopic (exact) mass is 668 g/mol. The number of hydrogen-bond donors (Lipinski definition) is 2. The molecular formula is C6H10O14P4U-6. The van der Waals surface area contributed by atoms with Gasteiger partial charge in [0, 0.05) is 31.1 Å². The van der Waals surface area contributed by atoms with Crippen LogP contribution < -0.4 is 29.4 Å². The first-order chi connectivity index (χ1) is 10.4. The Bertz CT molecular complexity index is 567. The fraction of sp³-hybridized carbons (Fsp3) is 0.333. The third-order valence-corrected chi connectivity index (χ3v) is 8.12. The zero-order valence-electron chi connectivity index (χ0n) is 11.8. The van der Waals surface area contributed by atoms with Crippen molar-refractivity contribution in [3.05, 3.63) is 25.7 Å². The van der Waals surface area contributed by atoms with Crippen LogP contribution in [0.5, 0.6) is 0 Å². The first-order valence-electron chi connectivity index (χ1n) is 5.03.